The highest BCUT2D eigenvalue weighted by atomic mass is 15.1. The van der Waals surface area contributed by atoms with Crippen LogP contribution in [-0.2, 0) is 0 Å². The minimum Gasteiger partial charge on any atom is -0.367 e. The number of aromatic nitrogens is 1. The van der Waals surface area contributed by atoms with E-state index in [-0.39, 0.29) is 0 Å². The van der Waals surface area contributed by atoms with Gasteiger partial charge in [-0.3, -0.25) is 0 Å². The second kappa shape index (κ2) is 2.35. The molecule has 0 aliphatic heterocycles. The van der Waals surface area contributed by atoms with Crippen molar-refractivity contribution in [2.24, 2.45) is 10.9 Å². The first kappa shape index (κ1) is 5.88. The van der Waals surface area contributed by atoms with Crippen molar-refractivity contribution in [3.63, 3.8) is 0 Å². The van der Waals surface area contributed by atoms with E-state index >= 15 is 0 Å². The summed E-state index contributed by atoms with van der Waals surface area (Å²) in [5.74, 6) is 5.04. The maximum Gasteiger partial charge on any atom is 0.0656 e. The number of nitrogens with zero attached hydrogens (tertiary/aromatic N) is 1. The van der Waals surface area contributed by atoms with Crippen molar-refractivity contribution in [2.45, 2.75) is 6.92 Å². The van der Waals surface area contributed by atoms with Gasteiger partial charge in [-0.05, 0) is 13.0 Å². The lowest BCUT2D eigenvalue weighted by molar-refractivity contribution is 1.24. The Labute approximate surface area is 53.6 Å². The van der Waals surface area contributed by atoms with Gasteiger partial charge in [0.2, 0.25) is 0 Å². The van der Waals surface area contributed by atoms with Gasteiger partial charge in [0.15, 0.2) is 0 Å². The molecular formula is C6H9N3. The van der Waals surface area contributed by atoms with Gasteiger partial charge in [-0.15, -0.1) is 0 Å². The number of hydrogen-bond donors (Lipinski definition) is 2. The lowest BCUT2D eigenvalue weighted by Gasteiger charge is -1.88. The predicted octanol–water partition coefficient (Wildman–Crippen LogP) is 0.697. The van der Waals surface area contributed by atoms with Crippen molar-refractivity contribution in [2.75, 3.05) is 0 Å². The van der Waals surface area contributed by atoms with E-state index in [2.05, 4.69) is 10.1 Å². The van der Waals surface area contributed by atoms with Crippen LogP contribution in [0.1, 0.15) is 12.5 Å². The molecule has 0 bridgehead atoms. The van der Waals surface area contributed by atoms with Crippen molar-refractivity contribution in [3.05, 3.63) is 24.0 Å². The zero-order valence-corrected chi connectivity index (χ0v) is 5.26. The molecule has 0 aromatic carbocycles. The molecular weight excluding hydrogens is 114 g/mol. The van der Waals surface area contributed by atoms with Crippen LogP contribution in [0.15, 0.2) is 23.6 Å². The maximum atomic E-state index is 5.04. The molecule has 0 amide bonds. The molecule has 1 heterocycles. The van der Waals surface area contributed by atoms with E-state index in [1.54, 1.807) is 0 Å². The Kier molecular flexibility index (Phi) is 1.53. The van der Waals surface area contributed by atoms with E-state index < -0.39 is 0 Å². The summed E-state index contributed by atoms with van der Waals surface area (Å²) in [6.45, 7) is 1.86. The van der Waals surface area contributed by atoms with E-state index in [0.717, 1.165) is 11.3 Å². The average molecular weight is 123 g/mol. The molecule has 0 saturated carbocycles. The number of hydrogen-bond acceptors (Lipinski definition) is 2. The van der Waals surface area contributed by atoms with Crippen LogP contribution in [0.5, 0.6) is 0 Å². The van der Waals surface area contributed by atoms with Crippen molar-refractivity contribution in [1.29, 1.82) is 0 Å². The molecule has 3 N–H and O–H groups in total. The molecule has 48 valence electrons. The van der Waals surface area contributed by atoms with Crippen LogP contribution >= 0.6 is 0 Å². The van der Waals surface area contributed by atoms with Gasteiger partial charge in [0.05, 0.1) is 5.71 Å². The summed E-state index contributed by atoms with van der Waals surface area (Å²) in [4.78, 5) is 2.91. The minimum absolute atomic E-state index is 0.844. The first-order valence-electron chi connectivity index (χ1n) is 2.72. The summed E-state index contributed by atoms with van der Waals surface area (Å²) < 4.78 is 0. The summed E-state index contributed by atoms with van der Waals surface area (Å²) >= 11 is 0. The smallest absolute Gasteiger partial charge is 0.0656 e. The number of H-pyrrole nitrogens is 1. The molecule has 9 heavy (non-hydrogen) atoms. The van der Waals surface area contributed by atoms with Gasteiger partial charge in [0.25, 0.3) is 0 Å². The third kappa shape index (κ3) is 1.10. The molecule has 3 heteroatoms. The number of nitrogens with two attached hydrogens (primary N) is 1. The largest absolute Gasteiger partial charge is 0.367 e. The van der Waals surface area contributed by atoms with E-state index in [1.165, 1.54) is 0 Å². The Hall–Kier alpha value is -1.25. The molecule has 1 aromatic rings. The van der Waals surface area contributed by atoms with Gasteiger partial charge in [-0.1, -0.05) is 0 Å². The second-order valence-corrected chi connectivity index (χ2v) is 1.81. The quantitative estimate of drug-likeness (QED) is 0.322. The average Bonchev–Trinajstić information content (AvgIpc) is 2.37. The van der Waals surface area contributed by atoms with Crippen LogP contribution in [0.25, 0.3) is 0 Å². The molecule has 3 nitrogen and oxygen atoms in total. The summed E-state index contributed by atoms with van der Waals surface area (Å²) in [5, 5.41) is 3.53. The molecule has 0 aliphatic rings. The third-order valence-corrected chi connectivity index (χ3v) is 1.21. The molecule has 0 spiro atoms. The van der Waals surface area contributed by atoms with Crippen molar-refractivity contribution in [1.82, 2.24) is 4.98 Å². The molecule has 0 atom stereocenters. The zero-order chi connectivity index (χ0) is 6.69. The van der Waals surface area contributed by atoms with Crippen molar-refractivity contribution >= 4 is 5.71 Å². The van der Waals surface area contributed by atoms with Gasteiger partial charge >= 0.3 is 0 Å². The second-order valence-electron chi connectivity index (χ2n) is 1.81. The fourth-order valence-electron chi connectivity index (χ4n) is 0.623. The van der Waals surface area contributed by atoms with Crippen LogP contribution in [0.3, 0.4) is 0 Å². The number of rotatable bonds is 1. The SMILES string of the molecule is C/C(=N\N)c1cc[nH]c1. The minimum atomic E-state index is 0.844. The van der Waals surface area contributed by atoms with Crippen LogP contribution < -0.4 is 5.84 Å². The van der Waals surface area contributed by atoms with Crippen LogP contribution in [0, 0.1) is 0 Å². The van der Waals surface area contributed by atoms with Gasteiger partial charge in [-0.2, -0.15) is 5.10 Å². The summed E-state index contributed by atoms with van der Waals surface area (Å²) in [5.41, 5.74) is 1.88. The Balaban J connectivity index is 2.90. The lowest BCUT2D eigenvalue weighted by atomic mass is 10.2. The van der Waals surface area contributed by atoms with Crippen LogP contribution in [-0.4, -0.2) is 10.7 Å². The van der Waals surface area contributed by atoms with E-state index in [4.69, 9.17) is 5.84 Å². The van der Waals surface area contributed by atoms with E-state index in [1.807, 2.05) is 25.4 Å². The molecule has 0 fully saturated rings. The van der Waals surface area contributed by atoms with Gasteiger partial charge in [0.1, 0.15) is 0 Å². The van der Waals surface area contributed by atoms with Gasteiger partial charge in [0, 0.05) is 18.0 Å². The van der Waals surface area contributed by atoms with Crippen molar-refractivity contribution < 1.29 is 0 Å². The summed E-state index contributed by atoms with van der Waals surface area (Å²) in [7, 11) is 0. The monoisotopic (exact) mass is 123 g/mol. The zero-order valence-electron chi connectivity index (χ0n) is 5.26. The maximum absolute atomic E-state index is 5.04. The van der Waals surface area contributed by atoms with Gasteiger partial charge in [-0.25, -0.2) is 0 Å². The Morgan fingerprint density at radius 2 is 2.56 bits per heavy atom. The standard InChI is InChI=1S/C6H9N3/c1-5(9-7)6-2-3-8-4-6/h2-4,8H,7H2,1H3/b9-5+. The topological polar surface area (TPSA) is 54.2 Å². The third-order valence-electron chi connectivity index (χ3n) is 1.21. The number of nitrogens with one attached hydrogen (secondary N) is 1. The number of aromatic amines is 1. The molecule has 1 rings (SSSR count). The summed E-state index contributed by atoms with van der Waals surface area (Å²) in [6, 6.07) is 1.92. The molecule has 0 radical (unpaired) electrons. The fraction of sp³-hybridized carbons (Fsp3) is 0.167. The first-order valence-corrected chi connectivity index (χ1v) is 2.72. The highest BCUT2D eigenvalue weighted by molar-refractivity contribution is 5.98. The normalized spacial score (nSPS) is 11.9. The fourth-order valence-corrected chi connectivity index (χ4v) is 0.623. The molecule has 1 aromatic heterocycles. The van der Waals surface area contributed by atoms with Crippen LogP contribution in [0.2, 0.25) is 0 Å². The van der Waals surface area contributed by atoms with Crippen molar-refractivity contribution in [3.8, 4) is 0 Å². The highest BCUT2D eigenvalue weighted by Gasteiger charge is 1.93. The Bertz CT molecular complexity index is 198. The summed E-state index contributed by atoms with van der Waals surface area (Å²) in [6.07, 6.45) is 3.69. The van der Waals surface area contributed by atoms with Crippen LogP contribution in [0.4, 0.5) is 0 Å². The van der Waals surface area contributed by atoms with E-state index in [9.17, 15) is 0 Å². The Morgan fingerprint density at radius 1 is 1.78 bits per heavy atom. The first-order chi connectivity index (χ1) is 4.34. The molecule has 0 saturated heterocycles. The van der Waals surface area contributed by atoms with E-state index in [0.29, 0.717) is 0 Å². The Morgan fingerprint density at radius 3 is 3.00 bits per heavy atom. The van der Waals surface area contributed by atoms with Gasteiger partial charge < -0.3 is 10.8 Å². The molecule has 0 aliphatic carbocycles. The number of hydrazone groups is 1. The predicted molar refractivity (Wildman–Crippen MR) is 37.2 cm³/mol. The molecule has 0 unspecified atom stereocenters. The lowest BCUT2D eigenvalue weighted by Crippen LogP contribution is -1.95. The highest BCUT2D eigenvalue weighted by Crippen LogP contribution is 1.96.